The van der Waals surface area contributed by atoms with Crippen molar-refractivity contribution in [2.75, 3.05) is 12.3 Å². The zero-order valence-electron chi connectivity index (χ0n) is 12.7. The maximum Gasteiger partial charge on any atom is 0.260 e. The first-order valence-corrected chi connectivity index (χ1v) is 8.52. The Bertz CT molecular complexity index is 560. The summed E-state index contributed by atoms with van der Waals surface area (Å²) >= 11 is 1.81. The maximum absolute atomic E-state index is 11.9. The molecule has 2 aromatic carbocycles. The van der Waals surface area contributed by atoms with E-state index in [0.29, 0.717) is 12.3 Å². The van der Waals surface area contributed by atoms with Crippen LogP contribution in [0.3, 0.4) is 0 Å². The highest BCUT2D eigenvalue weighted by Crippen LogP contribution is 2.12. The van der Waals surface area contributed by atoms with Crippen LogP contribution in [0.1, 0.15) is 12.5 Å². The van der Waals surface area contributed by atoms with Crippen LogP contribution in [0, 0.1) is 0 Å². The summed E-state index contributed by atoms with van der Waals surface area (Å²) < 4.78 is 5.58. The second kappa shape index (κ2) is 9.15. The van der Waals surface area contributed by atoms with E-state index in [9.17, 15) is 4.79 Å². The summed E-state index contributed by atoms with van der Waals surface area (Å²) in [6, 6.07) is 19.7. The van der Waals surface area contributed by atoms with Gasteiger partial charge in [0.15, 0.2) is 6.10 Å². The van der Waals surface area contributed by atoms with Gasteiger partial charge in [-0.3, -0.25) is 4.79 Å². The Labute approximate surface area is 136 Å². The van der Waals surface area contributed by atoms with Crippen molar-refractivity contribution in [1.29, 1.82) is 0 Å². The first kappa shape index (κ1) is 16.4. The van der Waals surface area contributed by atoms with Crippen molar-refractivity contribution in [3.63, 3.8) is 0 Å². The van der Waals surface area contributed by atoms with E-state index in [4.69, 9.17) is 4.74 Å². The Morgan fingerprint density at radius 1 is 1.09 bits per heavy atom. The van der Waals surface area contributed by atoms with Crippen LogP contribution in [-0.4, -0.2) is 24.3 Å². The molecular weight excluding hydrogens is 294 g/mol. The maximum atomic E-state index is 11.9. The number of para-hydroxylation sites is 1. The number of hydrogen-bond donors (Lipinski definition) is 1. The monoisotopic (exact) mass is 315 g/mol. The van der Waals surface area contributed by atoms with Gasteiger partial charge in [0, 0.05) is 18.1 Å². The second-order valence-corrected chi connectivity index (χ2v) is 6.01. The molecule has 0 saturated carbocycles. The smallest absolute Gasteiger partial charge is 0.260 e. The van der Waals surface area contributed by atoms with Crippen molar-refractivity contribution >= 4 is 17.7 Å². The van der Waals surface area contributed by atoms with Crippen molar-refractivity contribution in [3.8, 4) is 5.75 Å². The minimum atomic E-state index is -0.485. The number of carbonyl (C=O) groups excluding carboxylic acids is 1. The van der Waals surface area contributed by atoms with Crippen LogP contribution in [0.4, 0.5) is 0 Å². The molecule has 0 saturated heterocycles. The van der Waals surface area contributed by atoms with Crippen LogP contribution < -0.4 is 10.1 Å². The van der Waals surface area contributed by atoms with Crippen LogP contribution in [0.5, 0.6) is 5.75 Å². The van der Waals surface area contributed by atoms with Gasteiger partial charge in [-0.15, -0.1) is 0 Å². The molecule has 0 aliphatic carbocycles. The van der Waals surface area contributed by atoms with Gasteiger partial charge in [-0.05, 0) is 24.6 Å². The van der Waals surface area contributed by atoms with Gasteiger partial charge in [0.2, 0.25) is 0 Å². The molecule has 0 heterocycles. The number of rotatable bonds is 8. The van der Waals surface area contributed by atoms with Crippen molar-refractivity contribution in [2.45, 2.75) is 18.8 Å². The number of amides is 1. The summed E-state index contributed by atoms with van der Waals surface area (Å²) in [5.41, 5.74) is 1.31. The molecule has 0 radical (unpaired) electrons. The van der Waals surface area contributed by atoms with E-state index < -0.39 is 6.10 Å². The Kier molecular flexibility index (Phi) is 6.84. The average Bonchev–Trinajstić information content (AvgIpc) is 2.56. The molecule has 0 bridgehead atoms. The molecule has 0 fully saturated rings. The summed E-state index contributed by atoms with van der Waals surface area (Å²) in [6.45, 7) is 2.41. The SMILES string of the molecule is C[C@@H](Oc1ccccc1)C(=O)NCCSCc1ccccc1. The number of nitrogens with one attached hydrogen (secondary N) is 1. The largest absolute Gasteiger partial charge is 0.481 e. The molecule has 3 nitrogen and oxygen atoms in total. The van der Waals surface area contributed by atoms with E-state index in [1.807, 2.05) is 60.3 Å². The molecular formula is C18H21NO2S. The summed E-state index contributed by atoms with van der Waals surface area (Å²) in [7, 11) is 0. The lowest BCUT2D eigenvalue weighted by Crippen LogP contribution is -2.37. The number of carbonyl (C=O) groups is 1. The van der Waals surface area contributed by atoms with Crippen LogP contribution in [-0.2, 0) is 10.5 Å². The molecule has 0 aliphatic heterocycles. The van der Waals surface area contributed by atoms with Gasteiger partial charge >= 0.3 is 0 Å². The van der Waals surface area contributed by atoms with Crippen molar-refractivity contribution in [2.24, 2.45) is 0 Å². The molecule has 1 N–H and O–H groups in total. The molecule has 4 heteroatoms. The lowest BCUT2D eigenvalue weighted by molar-refractivity contribution is -0.127. The molecule has 1 amide bonds. The van der Waals surface area contributed by atoms with E-state index >= 15 is 0 Å². The minimum Gasteiger partial charge on any atom is -0.481 e. The molecule has 2 rings (SSSR count). The highest BCUT2D eigenvalue weighted by molar-refractivity contribution is 7.98. The fourth-order valence-electron chi connectivity index (χ4n) is 1.91. The summed E-state index contributed by atoms with van der Waals surface area (Å²) in [6.07, 6.45) is -0.485. The fourth-order valence-corrected chi connectivity index (χ4v) is 2.73. The van der Waals surface area contributed by atoms with Gasteiger partial charge in [0.1, 0.15) is 5.75 Å². The minimum absolute atomic E-state index is 0.0795. The molecule has 22 heavy (non-hydrogen) atoms. The van der Waals surface area contributed by atoms with Gasteiger partial charge < -0.3 is 10.1 Å². The van der Waals surface area contributed by atoms with Gasteiger partial charge in [-0.25, -0.2) is 0 Å². The Morgan fingerprint density at radius 2 is 1.73 bits per heavy atom. The Balaban J connectivity index is 1.61. The lowest BCUT2D eigenvalue weighted by atomic mass is 10.2. The summed E-state index contributed by atoms with van der Waals surface area (Å²) in [5.74, 6) is 2.48. The van der Waals surface area contributed by atoms with Gasteiger partial charge in [-0.1, -0.05) is 48.5 Å². The number of ether oxygens (including phenoxy) is 1. The van der Waals surface area contributed by atoms with Crippen molar-refractivity contribution in [1.82, 2.24) is 5.32 Å². The van der Waals surface area contributed by atoms with E-state index in [2.05, 4.69) is 17.4 Å². The van der Waals surface area contributed by atoms with Crippen LogP contribution in [0.25, 0.3) is 0 Å². The predicted octanol–water partition coefficient (Wildman–Crippen LogP) is 3.50. The topological polar surface area (TPSA) is 38.3 Å². The van der Waals surface area contributed by atoms with Gasteiger partial charge in [0.25, 0.3) is 5.91 Å². The van der Waals surface area contributed by atoms with Crippen LogP contribution >= 0.6 is 11.8 Å². The average molecular weight is 315 g/mol. The Hall–Kier alpha value is -1.94. The highest BCUT2D eigenvalue weighted by Gasteiger charge is 2.13. The molecule has 0 unspecified atom stereocenters. The second-order valence-electron chi connectivity index (χ2n) is 4.90. The lowest BCUT2D eigenvalue weighted by Gasteiger charge is -2.14. The number of thioether (sulfide) groups is 1. The first-order chi connectivity index (χ1) is 10.8. The number of hydrogen-bond acceptors (Lipinski definition) is 3. The molecule has 2 aromatic rings. The van der Waals surface area contributed by atoms with Gasteiger partial charge in [0.05, 0.1) is 0 Å². The third kappa shape index (κ3) is 5.82. The van der Waals surface area contributed by atoms with E-state index in [1.165, 1.54) is 5.56 Å². The fraction of sp³-hybridized carbons (Fsp3) is 0.278. The molecule has 0 aromatic heterocycles. The molecule has 0 aliphatic rings. The van der Waals surface area contributed by atoms with E-state index in [0.717, 1.165) is 11.5 Å². The molecule has 1 atom stereocenters. The van der Waals surface area contributed by atoms with Gasteiger partial charge in [-0.2, -0.15) is 11.8 Å². The molecule has 0 spiro atoms. The molecule has 116 valence electrons. The third-order valence-electron chi connectivity index (χ3n) is 3.08. The first-order valence-electron chi connectivity index (χ1n) is 7.37. The summed E-state index contributed by atoms with van der Waals surface area (Å²) in [5, 5.41) is 2.90. The van der Waals surface area contributed by atoms with E-state index in [1.54, 1.807) is 6.92 Å². The zero-order valence-corrected chi connectivity index (χ0v) is 13.5. The van der Waals surface area contributed by atoms with Crippen molar-refractivity contribution in [3.05, 3.63) is 66.2 Å². The predicted molar refractivity (Wildman–Crippen MR) is 92.1 cm³/mol. The quantitative estimate of drug-likeness (QED) is 0.758. The van der Waals surface area contributed by atoms with Crippen LogP contribution in [0.2, 0.25) is 0 Å². The highest BCUT2D eigenvalue weighted by atomic mass is 32.2. The number of benzene rings is 2. The Morgan fingerprint density at radius 3 is 2.41 bits per heavy atom. The van der Waals surface area contributed by atoms with E-state index in [-0.39, 0.29) is 5.91 Å². The normalized spacial score (nSPS) is 11.7. The zero-order chi connectivity index (χ0) is 15.6. The van der Waals surface area contributed by atoms with Crippen molar-refractivity contribution < 1.29 is 9.53 Å². The third-order valence-corrected chi connectivity index (χ3v) is 4.11. The standard InChI is InChI=1S/C18H21NO2S/c1-15(21-17-10-6-3-7-11-17)18(20)19-12-13-22-14-16-8-4-2-5-9-16/h2-11,15H,12-14H2,1H3,(H,19,20)/t15-/m1/s1. The van der Waals surface area contributed by atoms with Crippen LogP contribution in [0.15, 0.2) is 60.7 Å². The summed E-state index contributed by atoms with van der Waals surface area (Å²) in [4.78, 5) is 11.9.